The minimum atomic E-state index is -4.82. The van der Waals surface area contributed by atoms with Crippen molar-refractivity contribution in [3.63, 3.8) is 0 Å². The van der Waals surface area contributed by atoms with Gasteiger partial charge in [0.1, 0.15) is 11.6 Å². The number of halogens is 6. The van der Waals surface area contributed by atoms with E-state index in [0.29, 0.717) is 25.3 Å². The highest BCUT2D eigenvalue weighted by atomic mass is 19.4. The zero-order valence-electron chi connectivity index (χ0n) is 14.7. The topological polar surface area (TPSA) is 54.5 Å². The highest BCUT2D eigenvalue weighted by molar-refractivity contribution is 5.94. The van der Waals surface area contributed by atoms with Crippen LogP contribution in [0.4, 0.5) is 32.2 Å². The van der Waals surface area contributed by atoms with Crippen molar-refractivity contribution in [1.29, 1.82) is 0 Å². The van der Waals surface area contributed by atoms with Crippen LogP contribution < -0.4 is 15.0 Å². The van der Waals surface area contributed by atoms with Crippen molar-refractivity contribution in [2.45, 2.75) is 25.0 Å². The van der Waals surface area contributed by atoms with Gasteiger partial charge in [-0.1, -0.05) is 0 Å². The molecule has 1 aromatic carbocycles. The largest absolute Gasteiger partial charge is 0.573 e. The smallest absolute Gasteiger partial charge is 0.406 e. The number of hydrogen-bond acceptors (Lipinski definition) is 4. The van der Waals surface area contributed by atoms with Gasteiger partial charge in [0.15, 0.2) is 0 Å². The molecule has 0 bridgehead atoms. The lowest BCUT2D eigenvalue weighted by atomic mass is 10.2. The molecule has 1 aliphatic heterocycles. The van der Waals surface area contributed by atoms with Crippen LogP contribution >= 0.6 is 0 Å². The van der Waals surface area contributed by atoms with Crippen molar-refractivity contribution in [3.05, 3.63) is 53.7 Å². The number of carbonyl (C=O) groups excluding carboxylic acids is 1. The van der Waals surface area contributed by atoms with E-state index in [4.69, 9.17) is 0 Å². The predicted molar refractivity (Wildman–Crippen MR) is 90.4 cm³/mol. The third-order valence-electron chi connectivity index (χ3n) is 4.27. The van der Waals surface area contributed by atoms with E-state index in [1.807, 2.05) is 0 Å². The number of alkyl halides is 6. The molecule has 0 radical (unpaired) electrons. The molecule has 5 nitrogen and oxygen atoms in total. The molecule has 0 aliphatic carbocycles. The maximum atomic E-state index is 12.6. The highest BCUT2D eigenvalue weighted by Gasteiger charge is 2.32. The molecule has 1 aliphatic rings. The lowest BCUT2D eigenvalue weighted by Gasteiger charge is -2.18. The highest BCUT2D eigenvalue weighted by Crippen LogP contribution is 2.30. The normalized spacial score (nSPS) is 17.3. The molecule has 1 unspecified atom stereocenters. The van der Waals surface area contributed by atoms with Crippen molar-refractivity contribution < 1.29 is 35.9 Å². The summed E-state index contributed by atoms with van der Waals surface area (Å²) in [5.41, 5.74) is -0.686. The van der Waals surface area contributed by atoms with E-state index < -0.39 is 29.8 Å². The van der Waals surface area contributed by atoms with Crippen LogP contribution in [-0.2, 0) is 6.18 Å². The Labute approximate surface area is 161 Å². The van der Waals surface area contributed by atoms with Crippen LogP contribution in [0.1, 0.15) is 22.3 Å². The predicted octanol–water partition coefficient (Wildman–Crippen LogP) is 4.01. The molecule has 156 valence electrons. The molecule has 1 amide bonds. The molecule has 3 rings (SSSR count). The Kier molecular flexibility index (Phi) is 5.58. The quantitative estimate of drug-likeness (QED) is 0.762. The fraction of sp³-hybridized carbons (Fsp3) is 0.333. The standard InChI is InChI=1S/C18H15F6N3O2/c19-17(20,21)12-3-6-15(25-9-12)27-8-7-13(10-27)26-16(28)11-1-4-14(5-2-11)29-18(22,23)24/h1-6,9,13H,7-8,10H2,(H,26,28). The van der Waals surface area contributed by atoms with Gasteiger partial charge in [0, 0.05) is 30.9 Å². The second-order valence-corrected chi connectivity index (χ2v) is 6.38. The molecule has 2 heterocycles. The Bertz CT molecular complexity index is 850. The maximum Gasteiger partial charge on any atom is 0.573 e. The Morgan fingerprint density at radius 3 is 2.31 bits per heavy atom. The molecule has 11 heteroatoms. The first kappa shape index (κ1) is 20.7. The van der Waals surface area contributed by atoms with Gasteiger partial charge in [-0.05, 0) is 42.8 Å². The molecule has 0 spiro atoms. The second-order valence-electron chi connectivity index (χ2n) is 6.38. The molecule has 29 heavy (non-hydrogen) atoms. The summed E-state index contributed by atoms with van der Waals surface area (Å²) in [6.07, 6.45) is -7.98. The second kappa shape index (κ2) is 7.80. The molecular weight excluding hydrogens is 404 g/mol. The zero-order chi connectivity index (χ0) is 21.2. The summed E-state index contributed by atoms with van der Waals surface area (Å²) in [6, 6.07) is 6.43. The number of aromatic nitrogens is 1. The average Bonchev–Trinajstić information content (AvgIpc) is 3.09. The van der Waals surface area contributed by atoms with Gasteiger partial charge in [-0.15, -0.1) is 13.2 Å². The molecule has 1 saturated heterocycles. The number of hydrogen-bond donors (Lipinski definition) is 1. The Hall–Kier alpha value is -2.98. The van der Waals surface area contributed by atoms with Gasteiger partial charge in [-0.3, -0.25) is 4.79 Å². The zero-order valence-corrected chi connectivity index (χ0v) is 14.7. The first-order chi connectivity index (χ1) is 13.5. The van der Waals surface area contributed by atoms with Gasteiger partial charge in [0.05, 0.1) is 5.56 Å². The van der Waals surface area contributed by atoms with Crippen LogP contribution in [0.15, 0.2) is 42.6 Å². The molecule has 0 saturated carbocycles. The van der Waals surface area contributed by atoms with Crippen molar-refractivity contribution in [2.24, 2.45) is 0 Å². The third-order valence-corrected chi connectivity index (χ3v) is 4.27. The number of nitrogens with zero attached hydrogens (tertiary/aromatic N) is 2. The van der Waals surface area contributed by atoms with Crippen molar-refractivity contribution in [2.75, 3.05) is 18.0 Å². The monoisotopic (exact) mass is 419 g/mol. The van der Waals surface area contributed by atoms with E-state index in [-0.39, 0.29) is 11.6 Å². The van der Waals surface area contributed by atoms with Crippen molar-refractivity contribution in [3.8, 4) is 5.75 Å². The van der Waals surface area contributed by atoms with Gasteiger partial charge in [0.25, 0.3) is 5.91 Å². The van der Waals surface area contributed by atoms with Crippen LogP contribution in [0, 0.1) is 0 Å². The number of amides is 1. The van der Waals surface area contributed by atoms with Crippen LogP contribution in [-0.4, -0.2) is 36.4 Å². The van der Waals surface area contributed by atoms with Crippen molar-refractivity contribution >= 4 is 11.7 Å². The Morgan fingerprint density at radius 2 is 1.76 bits per heavy atom. The van der Waals surface area contributed by atoms with E-state index in [2.05, 4.69) is 15.0 Å². The summed E-state index contributed by atoms with van der Waals surface area (Å²) in [6.45, 7) is 0.834. The SMILES string of the molecule is O=C(NC1CCN(c2ccc(C(F)(F)F)cn2)C1)c1ccc(OC(F)(F)F)cc1. The van der Waals surface area contributed by atoms with E-state index in [9.17, 15) is 31.1 Å². The maximum absolute atomic E-state index is 12.6. The summed E-state index contributed by atoms with van der Waals surface area (Å²) in [4.78, 5) is 17.8. The first-order valence-electron chi connectivity index (χ1n) is 8.46. The lowest BCUT2D eigenvalue weighted by Crippen LogP contribution is -2.37. The molecule has 1 N–H and O–H groups in total. The number of carbonyl (C=O) groups is 1. The van der Waals surface area contributed by atoms with Crippen LogP contribution in [0.3, 0.4) is 0 Å². The molecule has 1 aromatic heterocycles. The first-order valence-corrected chi connectivity index (χ1v) is 8.46. The van der Waals surface area contributed by atoms with Gasteiger partial charge in [-0.25, -0.2) is 4.98 Å². The number of ether oxygens (including phenoxy) is 1. The Morgan fingerprint density at radius 1 is 1.07 bits per heavy atom. The minimum absolute atomic E-state index is 0.158. The van der Waals surface area contributed by atoms with E-state index in [1.165, 1.54) is 18.2 Å². The van der Waals surface area contributed by atoms with Crippen molar-refractivity contribution in [1.82, 2.24) is 10.3 Å². The average molecular weight is 419 g/mol. The summed E-state index contributed by atoms with van der Waals surface area (Å²) < 4.78 is 78.0. The molecule has 2 aromatic rings. The van der Waals surface area contributed by atoms with E-state index in [0.717, 1.165) is 24.4 Å². The fourth-order valence-electron chi connectivity index (χ4n) is 2.90. The summed E-state index contributed by atoms with van der Waals surface area (Å²) in [7, 11) is 0. The number of benzene rings is 1. The molecular formula is C18H15F6N3O2. The number of rotatable bonds is 4. The van der Waals surface area contributed by atoms with Gasteiger partial charge < -0.3 is 15.0 Å². The summed E-state index contributed by atoms with van der Waals surface area (Å²) in [5.74, 6) is -0.548. The number of anilines is 1. The van der Waals surface area contributed by atoms with E-state index in [1.54, 1.807) is 4.90 Å². The van der Waals surface area contributed by atoms with Crippen LogP contribution in [0.25, 0.3) is 0 Å². The van der Waals surface area contributed by atoms with Crippen LogP contribution in [0.2, 0.25) is 0 Å². The molecule has 1 fully saturated rings. The molecule has 1 atom stereocenters. The Balaban J connectivity index is 1.56. The minimum Gasteiger partial charge on any atom is -0.406 e. The van der Waals surface area contributed by atoms with Crippen LogP contribution in [0.5, 0.6) is 5.75 Å². The summed E-state index contributed by atoms with van der Waals surface area (Å²) >= 11 is 0. The lowest BCUT2D eigenvalue weighted by molar-refractivity contribution is -0.274. The third kappa shape index (κ3) is 5.52. The summed E-state index contributed by atoms with van der Waals surface area (Å²) in [5, 5.41) is 2.75. The van der Waals surface area contributed by atoms with Gasteiger partial charge in [0.2, 0.25) is 0 Å². The number of pyridine rings is 1. The van der Waals surface area contributed by atoms with Gasteiger partial charge in [-0.2, -0.15) is 13.2 Å². The van der Waals surface area contributed by atoms with Gasteiger partial charge >= 0.3 is 12.5 Å². The number of nitrogens with one attached hydrogen (secondary N) is 1. The van der Waals surface area contributed by atoms with E-state index >= 15 is 0 Å². The fourth-order valence-corrected chi connectivity index (χ4v) is 2.90.